The van der Waals surface area contributed by atoms with Crippen molar-refractivity contribution in [3.8, 4) is 0 Å². The van der Waals surface area contributed by atoms with Crippen LogP contribution in [0.5, 0.6) is 0 Å². The number of urea groups is 2. The number of likely N-dealkylation sites (tertiary alicyclic amines) is 1. The molecule has 0 aromatic heterocycles. The first-order chi connectivity index (χ1) is 13.3. The van der Waals surface area contributed by atoms with Crippen molar-refractivity contribution in [2.75, 3.05) is 33.7 Å². The minimum atomic E-state index is -0.332. The molecule has 0 radical (unpaired) electrons. The summed E-state index contributed by atoms with van der Waals surface area (Å²) in [5.74, 6) is -0.482. The fraction of sp³-hybridized carbons (Fsp3) is 0.526. The average Bonchev–Trinajstić information content (AvgIpc) is 2.69. The Bertz CT molecular complexity index is 734. The second-order valence-electron chi connectivity index (χ2n) is 7.34. The van der Waals surface area contributed by atoms with E-state index in [1.807, 2.05) is 0 Å². The number of likely N-dealkylation sites (N-methyl/N-ethyl adjacent to an activating group) is 2. The van der Waals surface area contributed by atoms with Crippen molar-refractivity contribution < 1.29 is 18.8 Å². The van der Waals surface area contributed by atoms with E-state index in [1.165, 1.54) is 24.1 Å². The average molecular weight is 391 g/mol. The lowest BCUT2D eigenvalue weighted by Gasteiger charge is -2.42. The van der Waals surface area contributed by atoms with Gasteiger partial charge in [-0.1, -0.05) is 12.1 Å². The predicted molar refractivity (Wildman–Crippen MR) is 101 cm³/mol. The molecule has 1 unspecified atom stereocenters. The van der Waals surface area contributed by atoms with Crippen molar-refractivity contribution in [2.45, 2.75) is 31.5 Å². The van der Waals surface area contributed by atoms with Crippen LogP contribution in [0.25, 0.3) is 0 Å². The Balaban J connectivity index is 1.43. The van der Waals surface area contributed by atoms with E-state index in [9.17, 15) is 18.8 Å². The highest BCUT2D eigenvalue weighted by Gasteiger charge is 2.39. The molecule has 0 bridgehead atoms. The van der Waals surface area contributed by atoms with E-state index in [4.69, 9.17) is 0 Å². The van der Waals surface area contributed by atoms with Crippen LogP contribution in [-0.2, 0) is 11.3 Å². The van der Waals surface area contributed by atoms with Gasteiger partial charge in [0.05, 0.1) is 0 Å². The maximum Gasteiger partial charge on any atom is 0.326 e. The van der Waals surface area contributed by atoms with Crippen molar-refractivity contribution in [3.05, 3.63) is 35.6 Å². The summed E-state index contributed by atoms with van der Waals surface area (Å²) in [4.78, 5) is 41.2. The Morgan fingerprint density at radius 1 is 1.14 bits per heavy atom. The Kier molecular flexibility index (Phi) is 6.13. The molecule has 5 amide bonds. The van der Waals surface area contributed by atoms with E-state index in [1.54, 1.807) is 24.1 Å². The fourth-order valence-corrected chi connectivity index (χ4v) is 3.64. The lowest BCUT2D eigenvalue weighted by molar-refractivity contribution is -0.136. The van der Waals surface area contributed by atoms with Crippen molar-refractivity contribution in [2.24, 2.45) is 0 Å². The topological polar surface area (TPSA) is 85.0 Å². The predicted octanol–water partition coefficient (Wildman–Crippen LogP) is 0.982. The fourth-order valence-electron chi connectivity index (χ4n) is 3.64. The van der Waals surface area contributed by atoms with Gasteiger partial charge in [-0.25, -0.2) is 14.0 Å². The molecule has 0 aliphatic carbocycles. The third kappa shape index (κ3) is 4.59. The van der Waals surface area contributed by atoms with Crippen LogP contribution < -0.4 is 10.6 Å². The summed E-state index contributed by atoms with van der Waals surface area (Å²) in [6.07, 6.45) is 1.46. The van der Waals surface area contributed by atoms with Crippen molar-refractivity contribution in [1.82, 2.24) is 25.3 Å². The number of nitrogens with one attached hydrogen (secondary N) is 2. The van der Waals surface area contributed by atoms with Gasteiger partial charge in [-0.2, -0.15) is 0 Å². The van der Waals surface area contributed by atoms with E-state index in [-0.39, 0.29) is 35.9 Å². The molecule has 2 fully saturated rings. The van der Waals surface area contributed by atoms with Gasteiger partial charge in [0, 0.05) is 46.3 Å². The zero-order valence-electron chi connectivity index (χ0n) is 16.2. The standard InChI is InChI=1S/C19H26FN5O3/c1-23-12-16(17(26)24(2)19(23)28)25-9-7-15(8-10-25)22-18(27)21-11-13-3-5-14(20)6-4-13/h3-6,15-16H,7-12H2,1-2H3,(H2,21,22,27). The number of imide groups is 1. The molecule has 8 nitrogen and oxygen atoms in total. The summed E-state index contributed by atoms with van der Waals surface area (Å²) in [6.45, 7) is 2.07. The van der Waals surface area contributed by atoms with Gasteiger partial charge in [0.15, 0.2) is 0 Å². The van der Waals surface area contributed by atoms with Crippen LogP contribution in [-0.4, -0.2) is 78.5 Å². The van der Waals surface area contributed by atoms with Crippen LogP contribution in [0, 0.1) is 5.82 Å². The number of carbonyl (C=O) groups excluding carboxylic acids is 3. The highest BCUT2D eigenvalue weighted by molar-refractivity contribution is 5.99. The van der Waals surface area contributed by atoms with E-state index in [2.05, 4.69) is 15.5 Å². The summed E-state index contributed by atoms with van der Waals surface area (Å²) < 4.78 is 12.9. The summed E-state index contributed by atoms with van der Waals surface area (Å²) in [5.41, 5.74) is 0.824. The number of benzene rings is 1. The van der Waals surface area contributed by atoms with Gasteiger partial charge in [0.1, 0.15) is 11.9 Å². The molecule has 1 aromatic carbocycles. The van der Waals surface area contributed by atoms with Crippen LogP contribution in [0.15, 0.2) is 24.3 Å². The monoisotopic (exact) mass is 391 g/mol. The van der Waals surface area contributed by atoms with Crippen LogP contribution in [0.1, 0.15) is 18.4 Å². The van der Waals surface area contributed by atoms with Crippen LogP contribution in [0.2, 0.25) is 0 Å². The second-order valence-corrected chi connectivity index (χ2v) is 7.34. The molecule has 152 valence electrons. The highest BCUT2D eigenvalue weighted by Crippen LogP contribution is 2.18. The number of carbonyl (C=O) groups is 3. The summed E-state index contributed by atoms with van der Waals surface area (Å²) in [6, 6.07) is 5.14. The van der Waals surface area contributed by atoms with Gasteiger partial charge in [-0.3, -0.25) is 14.6 Å². The molecule has 9 heteroatoms. The van der Waals surface area contributed by atoms with Gasteiger partial charge in [0.2, 0.25) is 5.91 Å². The summed E-state index contributed by atoms with van der Waals surface area (Å²) in [5, 5.41) is 5.72. The summed E-state index contributed by atoms with van der Waals surface area (Å²) in [7, 11) is 3.20. The zero-order valence-corrected chi connectivity index (χ0v) is 16.2. The van der Waals surface area contributed by atoms with Gasteiger partial charge < -0.3 is 15.5 Å². The minimum absolute atomic E-state index is 0.0280. The van der Waals surface area contributed by atoms with Crippen molar-refractivity contribution in [3.63, 3.8) is 0 Å². The van der Waals surface area contributed by atoms with Gasteiger partial charge in [-0.15, -0.1) is 0 Å². The van der Waals surface area contributed by atoms with Crippen LogP contribution in [0.4, 0.5) is 14.0 Å². The van der Waals surface area contributed by atoms with Gasteiger partial charge in [-0.05, 0) is 30.5 Å². The molecule has 1 atom stereocenters. The molecule has 0 spiro atoms. The quantitative estimate of drug-likeness (QED) is 0.801. The number of rotatable bonds is 4. The summed E-state index contributed by atoms with van der Waals surface area (Å²) >= 11 is 0. The molecule has 3 rings (SSSR count). The number of amides is 5. The second kappa shape index (κ2) is 8.55. The molecule has 2 aliphatic rings. The van der Waals surface area contributed by atoms with Crippen molar-refractivity contribution >= 4 is 18.0 Å². The van der Waals surface area contributed by atoms with E-state index in [0.29, 0.717) is 26.2 Å². The first-order valence-corrected chi connectivity index (χ1v) is 9.40. The van der Waals surface area contributed by atoms with Crippen LogP contribution >= 0.6 is 0 Å². The smallest absolute Gasteiger partial charge is 0.326 e. The maximum absolute atomic E-state index is 12.9. The van der Waals surface area contributed by atoms with Crippen LogP contribution in [0.3, 0.4) is 0 Å². The van der Waals surface area contributed by atoms with Crippen molar-refractivity contribution in [1.29, 1.82) is 0 Å². The van der Waals surface area contributed by atoms with Gasteiger partial charge >= 0.3 is 12.1 Å². The number of piperidine rings is 1. The number of hydrogen-bond donors (Lipinski definition) is 2. The first-order valence-electron chi connectivity index (χ1n) is 9.40. The lowest BCUT2D eigenvalue weighted by atomic mass is 10.0. The zero-order chi connectivity index (χ0) is 20.3. The Labute approximate surface area is 163 Å². The number of halogens is 1. The minimum Gasteiger partial charge on any atom is -0.335 e. The lowest BCUT2D eigenvalue weighted by Crippen LogP contribution is -2.63. The Hall–Kier alpha value is -2.68. The maximum atomic E-state index is 12.9. The number of nitrogens with zero attached hydrogens (tertiary/aromatic N) is 3. The molecule has 28 heavy (non-hydrogen) atoms. The third-order valence-corrected chi connectivity index (χ3v) is 5.35. The molecular weight excluding hydrogens is 365 g/mol. The molecule has 2 aliphatic heterocycles. The van der Waals surface area contributed by atoms with E-state index in [0.717, 1.165) is 18.4 Å². The largest absolute Gasteiger partial charge is 0.335 e. The first kappa shape index (κ1) is 20.1. The Morgan fingerprint density at radius 3 is 2.43 bits per heavy atom. The van der Waals surface area contributed by atoms with E-state index < -0.39 is 0 Å². The normalized spacial score (nSPS) is 21.8. The molecule has 2 N–H and O–H groups in total. The molecule has 2 heterocycles. The van der Waals surface area contributed by atoms with Gasteiger partial charge in [0.25, 0.3) is 0 Å². The molecular formula is C19H26FN5O3. The molecule has 2 saturated heterocycles. The Morgan fingerprint density at radius 2 is 1.79 bits per heavy atom. The molecule has 1 aromatic rings. The highest BCUT2D eigenvalue weighted by atomic mass is 19.1. The molecule has 0 saturated carbocycles. The van der Waals surface area contributed by atoms with E-state index >= 15 is 0 Å². The SMILES string of the molecule is CN1CC(N2CCC(NC(=O)NCc3ccc(F)cc3)CC2)C(=O)N(C)C1=O. The number of hydrogen-bond acceptors (Lipinski definition) is 4. The third-order valence-electron chi connectivity index (χ3n) is 5.35.